The van der Waals surface area contributed by atoms with Gasteiger partial charge in [-0.25, -0.2) is 13.6 Å². The van der Waals surface area contributed by atoms with Gasteiger partial charge in [0.15, 0.2) is 0 Å². The third kappa shape index (κ3) is 8.28. The molecule has 6 rings (SSSR count). The van der Waals surface area contributed by atoms with Crippen molar-refractivity contribution >= 4 is 6.03 Å². The molecule has 53 heavy (non-hydrogen) atoms. The van der Waals surface area contributed by atoms with Crippen LogP contribution in [0.5, 0.6) is 0 Å². The predicted molar refractivity (Wildman–Crippen MR) is 199 cm³/mol. The van der Waals surface area contributed by atoms with E-state index >= 15 is 4.79 Å². The molecule has 9 heteroatoms. The molecule has 4 aromatic carbocycles. The smallest absolute Gasteiger partial charge is 0.321 e. The van der Waals surface area contributed by atoms with Gasteiger partial charge >= 0.3 is 6.03 Å². The van der Waals surface area contributed by atoms with Crippen LogP contribution in [0.4, 0.5) is 13.6 Å². The average molecular weight is 717 g/mol. The second-order valence-electron chi connectivity index (χ2n) is 16.2. The van der Waals surface area contributed by atoms with Gasteiger partial charge in [-0.05, 0) is 81.3 Å². The summed E-state index contributed by atoms with van der Waals surface area (Å²) in [6, 6.07) is 27.8. The van der Waals surface area contributed by atoms with E-state index in [0.29, 0.717) is 24.0 Å². The highest BCUT2D eigenvalue weighted by Gasteiger charge is 2.51. The number of amides is 2. The minimum Gasteiger partial charge on any atom is -0.347 e. The largest absolute Gasteiger partial charge is 0.347 e. The highest BCUT2D eigenvalue weighted by Crippen LogP contribution is 2.36. The van der Waals surface area contributed by atoms with Gasteiger partial charge in [-0.3, -0.25) is 0 Å². The van der Waals surface area contributed by atoms with Crippen molar-refractivity contribution < 1.29 is 23.0 Å². The number of hydrogen-bond acceptors (Lipinski definition) is 5. The summed E-state index contributed by atoms with van der Waals surface area (Å²) in [6.07, 6.45) is -0.197. The van der Waals surface area contributed by atoms with Crippen LogP contribution in [0, 0.1) is 34.3 Å². The maximum atomic E-state index is 15.3. The van der Waals surface area contributed by atoms with Gasteiger partial charge in [0.25, 0.3) is 0 Å². The summed E-state index contributed by atoms with van der Waals surface area (Å²) in [5.41, 5.74) is 5.10. The van der Waals surface area contributed by atoms with Crippen LogP contribution in [-0.2, 0) is 46.2 Å². The highest BCUT2D eigenvalue weighted by molar-refractivity contribution is 5.76. The first kappa shape index (κ1) is 37.7. The van der Waals surface area contributed by atoms with Crippen LogP contribution in [-0.4, -0.2) is 46.9 Å². The maximum Gasteiger partial charge on any atom is 0.321 e. The Balaban J connectivity index is 1.50. The van der Waals surface area contributed by atoms with Gasteiger partial charge in [0.1, 0.15) is 42.8 Å². The van der Waals surface area contributed by atoms with Crippen LogP contribution < -0.4 is 0 Å². The first-order valence-corrected chi connectivity index (χ1v) is 18.0. The third-order valence-electron chi connectivity index (χ3n) is 10.4. The molecule has 0 saturated carbocycles. The number of rotatable bonds is 8. The van der Waals surface area contributed by atoms with Crippen molar-refractivity contribution in [2.75, 3.05) is 6.79 Å². The number of hydrogen-bond donors (Lipinski definition) is 0. The first-order valence-electron chi connectivity index (χ1n) is 18.0. The van der Waals surface area contributed by atoms with E-state index in [1.807, 2.05) is 24.3 Å². The van der Waals surface area contributed by atoms with Crippen molar-refractivity contribution in [3.8, 4) is 12.1 Å². The Morgan fingerprint density at radius 3 is 1.43 bits per heavy atom. The molecule has 0 bridgehead atoms. The van der Waals surface area contributed by atoms with Crippen molar-refractivity contribution in [3.05, 3.63) is 141 Å². The molecule has 4 atom stereocenters. The molecule has 2 aliphatic heterocycles. The van der Waals surface area contributed by atoms with Gasteiger partial charge in [-0.15, -0.1) is 0 Å². The zero-order valence-corrected chi connectivity index (χ0v) is 31.2. The monoisotopic (exact) mass is 716 g/mol. The Hall–Kier alpha value is -5.09. The molecule has 0 spiro atoms. The van der Waals surface area contributed by atoms with E-state index in [1.165, 1.54) is 24.3 Å². The Morgan fingerprint density at radius 2 is 1.06 bits per heavy atom. The fraction of sp³-hybridized carbons (Fsp3) is 0.386. The van der Waals surface area contributed by atoms with Gasteiger partial charge in [0.05, 0.1) is 23.2 Å². The average Bonchev–Trinajstić information content (AvgIpc) is 3.59. The second kappa shape index (κ2) is 15.1. The van der Waals surface area contributed by atoms with E-state index in [-0.39, 0.29) is 47.9 Å². The summed E-state index contributed by atoms with van der Waals surface area (Å²) < 4.78 is 41.9. The summed E-state index contributed by atoms with van der Waals surface area (Å²) in [5.74, 6) is -1.27. The summed E-state index contributed by atoms with van der Waals surface area (Å²) in [6.45, 7) is 13.1. The minimum absolute atomic E-state index is 0.0342. The standard InChI is InChI=1S/C44H46F2N4O3/c1-43(2,3)34-11-7-9-28(19-34)21-38-40-41(53-27-52-40)39(22-29-10-8-12-35(20-29)44(4,5)6)50(26-31-14-16-37(46)33(18-31)24-48)42(51)49(38)25-30-13-15-36(45)32(17-30)23-47/h7-20,38-41H,21-22,25-27H2,1-6H3/t38-,39-,40+,41+/m1/s1. The number of nitrogens with zero attached hydrogens (tertiary/aromatic N) is 4. The molecular formula is C44H46F2N4O3. The molecule has 0 radical (unpaired) electrons. The van der Waals surface area contributed by atoms with Crippen LogP contribution in [0.15, 0.2) is 84.9 Å². The van der Waals surface area contributed by atoms with Crippen molar-refractivity contribution in [1.29, 1.82) is 10.5 Å². The van der Waals surface area contributed by atoms with Gasteiger partial charge in [0, 0.05) is 13.1 Å². The maximum absolute atomic E-state index is 15.3. The molecule has 0 unspecified atom stereocenters. The van der Waals surface area contributed by atoms with Crippen molar-refractivity contribution in [1.82, 2.24) is 9.80 Å². The minimum atomic E-state index is -0.634. The zero-order valence-electron chi connectivity index (χ0n) is 31.2. The van der Waals surface area contributed by atoms with Crippen LogP contribution >= 0.6 is 0 Å². The molecule has 4 aromatic rings. The Morgan fingerprint density at radius 1 is 0.642 bits per heavy atom. The number of carbonyl (C=O) groups excluding carboxylic acids is 1. The molecule has 7 nitrogen and oxygen atoms in total. The summed E-state index contributed by atoms with van der Waals surface area (Å²) in [7, 11) is 0. The molecule has 2 fully saturated rings. The second-order valence-corrected chi connectivity index (χ2v) is 16.2. The molecule has 274 valence electrons. The van der Waals surface area contributed by atoms with Crippen molar-refractivity contribution in [2.45, 2.75) is 103 Å². The lowest BCUT2D eigenvalue weighted by Gasteiger charge is -2.36. The van der Waals surface area contributed by atoms with Crippen LogP contribution in [0.1, 0.15) is 86.1 Å². The van der Waals surface area contributed by atoms with Crippen LogP contribution in [0.25, 0.3) is 0 Å². The number of halogens is 2. The zero-order chi connectivity index (χ0) is 38.1. The number of fused-ring (bicyclic) bond motifs is 1. The summed E-state index contributed by atoms with van der Waals surface area (Å²) in [5, 5.41) is 19.3. The van der Waals surface area contributed by atoms with Crippen LogP contribution in [0.3, 0.4) is 0 Å². The highest BCUT2D eigenvalue weighted by atomic mass is 19.1. The van der Waals surface area contributed by atoms with E-state index in [0.717, 1.165) is 22.3 Å². The molecule has 0 aromatic heterocycles. The molecule has 0 N–H and O–H groups in total. The van der Waals surface area contributed by atoms with Crippen LogP contribution in [0.2, 0.25) is 0 Å². The lowest BCUT2D eigenvalue weighted by molar-refractivity contribution is 0.00167. The fourth-order valence-corrected chi connectivity index (χ4v) is 7.39. The SMILES string of the molecule is CC(C)(C)c1cccc(C[C@@H]2[C@@H]3OCO[C@H]3[C@@H](Cc3cccc(C(C)(C)C)c3)N(Cc3ccc(F)c(C#N)c3)C(=O)N2Cc2ccc(F)c(C#N)c2)c1. The molecule has 2 aliphatic rings. The van der Waals surface area contributed by atoms with E-state index in [4.69, 9.17) is 9.47 Å². The molecule has 2 heterocycles. The Kier molecular flexibility index (Phi) is 10.7. The van der Waals surface area contributed by atoms with E-state index in [1.54, 1.807) is 21.9 Å². The van der Waals surface area contributed by atoms with E-state index in [9.17, 15) is 19.3 Å². The summed E-state index contributed by atoms with van der Waals surface area (Å²) >= 11 is 0. The van der Waals surface area contributed by atoms with E-state index < -0.39 is 35.9 Å². The first-order chi connectivity index (χ1) is 25.2. The predicted octanol–water partition coefficient (Wildman–Crippen LogP) is 8.71. The molecule has 0 aliphatic carbocycles. The number of ether oxygens (including phenoxy) is 2. The Labute approximate surface area is 311 Å². The molecule has 2 amide bonds. The number of nitriles is 2. The van der Waals surface area contributed by atoms with Gasteiger partial charge in [-0.1, -0.05) is 102 Å². The van der Waals surface area contributed by atoms with Crippen molar-refractivity contribution in [3.63, 3.8) is 0 Å². The lowest BCUT2D eigenvalue weighted by atomic mass is 9.84. The number of carbonyl (C=O) groups is 1. The topological polar surface area (TPSA) is 89.6 Å². The van der Waals surface area contributed by atoms with Crippen molar-refractivity contribution in [2.24, 2.45) is 0 Å². The molecule has 2 saturated heterocycles. The normalized spacial score (nSPS) is 20.5. The number of benzene rings is 4. The van der Waals surface area contributed by atoms with Gasteiger partial charge < -0.3 is 19.3 Å². The number of urea groups is 1. The molecular weight excluding hydrogens is 671 g/mol. The van der Waals surface area contributed by atoms with E-state index in [2.05, 4.69) is 77.9 Å². The van der Waals surface area contributed by atoms with Gasteiger partial charge in [-0.2, -0.15) is 10.5 Å². The lowest BCUT2D eigenvalue weighted by Crippen LogP contribution is -2.50. The summed E-state index contributed by atoms with van der Waals surface area (Å²) in [4.78, 5) is 18.9. The quantitative estimate of drug-likeness (QED) is 0.182. The Bertz CT molecular complexity index is 1930. The van der Waals surface area contributed by atoms with Gasteiger partial charge in [0.2, 0.25) is 0 Å². The fourth-order valence-electron chi connectivity index (χ4n) is 7.39. The third-order valence-corrected chi connectivity index (χ3v) is 10.4.